The second-order valence-electron chi connectivity index (χ2n) is 3.53. The summed E-state index contributed by atoms with van der Waals surface area (Å²) in [5.74, 6) is 1.68. The van der Waals surface area contributed by atoms with E-state index in [1.54, 1.807) is 6.20 Å². The number of nitrogens with zero attached hydrogens (tertiary/aromatic N) is 1. The van der Waals surface area contributed by atoms with E-state index in [1.807, 2.05) is 13.0 Å². The summed E-state index contributed by atoms with van der Waals surface area (Å²) < 4.78 is 6.48. The van der Waals surface area contributed by atoms with Gasteiger partial charge in [0.2, 0.25) is 0 Å². The van der Waals surface area contributed by atoms with E-state index in [0.717, 1.165) is 28.4 Å². The zero-order valence-electron chi connectivity index (χ0n) is 7.59. The maximum atomic E-state index is 5.58. The van der Waals surface area contributed by atoms with Crippen LogP contribution in [0.1, 0.15) is 18.4 Å². The molecule has 1 heterocycles. The molecule has 2 rings (SSSR count). The number of hydrogen-bond acceptors (Lipinski definition) is 2. The fraction of sp³-hybridized carbons (Fsp3) is 0.500. The van der Waals surface area contributed by atoms with E-state index in [-0.39, 0.29) is 0 Å². The first-order chi connectivity index (χ1) is 6.25. The molecule has 0 amide bonds. The number of rotatable bonds is 3. The summed E-state index contributed by atoms with van der Waals surface area (Å²) >= 11 is 3.36. The fourth-order valence-corrected chi connectivity index (χ4v) is 1.33. The number of hydrogen-bond donors (Lipinski definition) is 0. The second kappa shape index (κ2) is 3.66. The minimum Gasteiger partial charge on any atom is -0.492 e. The van der Waals surface area contributed by atoms with E-state index < -0.39 is 0 Å². The highest BCUT2D eigenvalue weighted by Gasteiger charge is 2.21. The SMILES string of the molecule is Cc1cc(OCC2CC2)cnc1Br. The molecule has 3 heteroatoms. The van der Waals surface area contributed by atoms with Crippen molar-refractivity contribution in [1.29, 1.82) is 0 Å². The lowest BCUT2D eigenvalue weighted by Crippen LogP contribution is -1.99. The second-order valence-corrected chi connectivity index (χ2v) is 4.28. The molecule has 0 unspecified atom stereocenters. The van der Waals surface area contributed by atoms with Crippen LogP contribution in [0.2, 0.25) is 0 Å². The normalized spacial score (nSPS) is 15.8. The van der Waals surface area contributed by atoms with Gasteiger partial charge in [-0.1, -0.05) is 0 Å². The van der Waals surface area contributed by atoms with E-state index in [0.29, 0.717) is 0 Å². The van der Waals surface area contributed by atoms with E-state index in [1.165, 1.54) is 12.8 Å². The van der Waals surface area contributed by atoms with Gasteiger partial charge < -0.3 is 4.74 Å². The Hall–Kier alpha value is -0.570. The number of ether oxygens (including phenoxy) is 1. The molecule has 1 aliphatic carbocycles. The Morgan fingerprint density at radius 2 is 2.38 bits per heavy atom. The number of aromatic nitrogens is 1. The molecule has 0 atom stereocenters. The summed E-state index contributed by atoms with van der Waals surface area (Å²) in [5, 5.41) is 0. The van der Waals surface area contributed by atoms with E-state index in [2.05, 4.69) is 20.9 Å². The van der Waals surface area contributed by atoms with Gasteiger partial charge in [0, 0.05) is 0 Å². The lowest BCUT2D eigenvalue weighted by atomic mass is 10.3. The van der Waals surface area contributed by atoms with Crippen molar-refractivity contribution in [2.45, 2.75) is 19.8 Å². The molecule has 1 aromatic rings. The molecule has 0 radical (unpaired) electrons. The van der Waals surface area contributed by atoms with E-state index in [9.17, 15) is 0 Å². The van der Waals surface area contributed by atoms with Gasteiger partial charge in [0.15, 0.2) is 0 Å². The third kappa shape index (κ3) is 2.44. The molecule has 0 spiro atoms. The first-order valence-corrected chi connectivity index (χ1v) is 5.30. The molecule has 70 valence electrons. The maximum absolute atomic E-state index is 5.58. The molecule has 0 aromatic carbocycles. The topological polar surface area (TPSA) is 22.1 Å². The first kappa shape index (κ1) is 9.00. The molecule has 1 fully saturated rings. The molecular formula is C10H12BrNO. The molecule has 1 aliphatic rings. The van der Waals surface area contributed by atoms with Crippen molar-refractivity contribution >= 4 is 15.9 Å². The molecule has 13 heavy (non-hydrogen) atoms. The molecule has 1 aromatic heterocycles. The Morgan fingerprint density at radius 1 is 1.62 bits per heavy atom. The van der Waals surface area contributed by atoms with Gasteiger partial charge >= 0.3 is 0 Å². The highest BCUT2D eigenvalue weighted by Crippen LogP contribution is 2.29. The lowest BCUT2D eigenvalue weighted by molar-refractivity contribution is 0.298. The summed E-state index contributed by atoms with van der Waals surface area (Å²) in [7, 11) is 0. The number of aryl methyl sites for hydroxylation is 1. The molecule has 0 saturated heterocycles. The van der Waals surface area contributed by atoms with Crippen LogP contribution in [0.25, 0.3) is 0 Å². The molecule has 0 bridgehead atoms. The van der Waals surface area contributed by atoms with Gasteiger partial charge in [-0.05, 0) is 53.2 Å². The lowest BCUT2D eigenvalue weighted by Gasteiger charge is -2.05. The average Bonchev–Trinajstić information content (AvgIpc) is 2.91. The summed E-state index contributed by atoms with van der Waals surface area (Å²) in [6.45, 7) is 2.86. The molecular weight excluding hydrogens is 230 g/mol. The first-order valence-electron chi connectivity index (χ1n) is 4.50. The average molecular weight is 242 g/mol. The number of pyridine rings is 1. The fourth-order valence-electron chi connectivity index (χ4n) is 1.11. The zero-order chi connectivity index (χ0) is 9.26. The smallest absolute Gasteiger partial charge is 0.137 e. The molecule has 0 aliphatic heterocycles. The minimum atomic E-state index is 0.795. The third-order valence-electron chi connectivity index (χ3n) is 2.17. The van der Waals surface area contributed by atoms with Crippen LogP contribution in [-0.2, 0) is 0 Å². The van der Waals surface area contributed by atoms with Gasteiger partial charge in [-0.15, -0.1) is 0 Å². The third-order valence-corrected chi connectivity index (χ3v) is 3.00. The summed E-state index contributed by atoms with van der Waals surface area (Å²) in [6.07, 6.45) is 4.41. The van der Waals surface area contributed by atoms with E-state index in [4.69, 9.17) is 4.74 Å². The molecule has 0 N–H and O–H groups in total. The van der Waals surface area contributed by atoms with Gasteiger partial charge in [-0.2, -0.15) is 0 Å². The zero-order valence-corrected chi connectivity index (χ0v) is 9.17. The van der Waals surface area contributed by atoms with Crippen molar-refractivity contribution in [3.63, 3.8) is 0 Å². The summed E-state index contributed by atoms with van der Waals surface area (Å²) in [4.78, 5) is 4.17. The Bertz CT molecular complexity index is 310. The van der Waals surface area contributed by atoms with E-state index >= 15 is 0 Å². The predicted molar refractivity (Wildman–Crippen MR) is 54.9 cm³/mol. The molecule has 1 saturated carbocycles. The van der Waals surface area contributed by atoms with Gasteiger partial charge in [-0.3, -0.25) is 0 Å². The predicted octanol–water partition coefficient (Wildman–Crippen LogP) is 2.94. The maximum Gasteiger partial charge on any atom is 0.137 e. The van der Waals surface area contributed by atoms with Crippen LogP contribution in [-0.4, -0.2) is 11.6 Å². The van der Waals surface area contributed by atoms with Crippen molar-refractivity contribution in [3.05, 3.63) is 22.4 Å². The van der Waals surface area contributed by atoms with Crippen molar-refractivity contribution in [1.82, 2.24) is 4.98 Å². The highest BCUT2D eigenvalue weighted by molar-refractivity contribution is 9.10. The van der Waals surface area contributed by atoms with Crippen LogP contribution in [0.5, 0.6) is 5.75 Å². The highest BCUT2D eigenvalue weighted by atomic mass is 79.9. The Balaban J connectivity index is 1.98. The van der Waals surface area contributed by atoms with Gasteiger partial charge in [-0.25, -0.2) is 4.98 Å². The molecule has 2 nitrogen and oxygen atoms in total. The van der Waals surface area contributed by atoms with Crippen LogP contribution < -0.4 is 4.74 Å². The Morgan fingerprint density at radius 3 is 3.00 bits per heavy atom. The standard InChI is InChI=1S/C10H12BrNO/c1-7-4-9(5-12-10(7)11)13-6-8-2-3-8/h4-5,8H,2-3,6H2,1H3. The largest absolute Gasteiger partial charge is 0.492 e. The van der Waals surface area contributed by atoms with Crippen LogP contribution in [0, 0.1) is 12.8 Å². The summed E-state index contributed by atoms with van der Waals surface area (Å²) in [5.41, 5.74) is 1.12. The Labute approximate surface area is 86.5 Å². The van der Waals surface area contributed by atoms with Gasteiger partial charge in [0.25, 0.3) is 0 Å². The van der Waals surface area contributed by atoms with Gasteiger partial charge in [0.05, 0.1) is 12.8 Å². The summed E-state index contributed by atoms with van der Waals surface area (Å²) in [6, 6.07) is 2.01. The monoisotopic (exact) mass is 241 g/mol. The van der Waals surface area contributed by atoms with Crippen molar-refractivity contribution < 1.29 is 4.74 Å². The van der Waals surface area contributed by atoms with Crippen LogP contribution in [0.4, 0.5) is 0 Å². The van der Waals surface area contributed by atoms with Crippen LogP contribution in [0.15, 0.2) is 16.9 Å². The number of halogens is 1. The van der Waals surface area contributed by atoms with Crippen LogP contribution >= 0.6 is 15.9 Å². The van der Waals surface area contributed by atoms with Gasteiger partial charge in [0.1, 0.15) is 10.4 Å². The van der Waals surface area contributed by atoms with Crippen molar-refractivity contribution in [2.24, 2.45) is 5.92 Å². The van der Waals surface area contributed by atoms with Crippen molar-refractivity contribution in [3.8, 4) is 5.75 Å². The quantitative estimate of drug-likeness (QED) is 0.760. The van der Waals surface area contributed by atoms with Crippen molar-refractivity contribution in [2.75, 3.05) is 6.61 Å². The minimum absolute atomic E-state index is 0.795. The van der Waals surface area contributed by atoms with Crippen LogP contribution in [0.3, 0.4) is 0 Å². The Kier molecular flexibility index (Phi) is 2.54.